The summed E-state index contributed by atoms with van der Waals surface area (Å²) in [6.07, 6.45) is 4.55. The molecule has 0 spiro atoms. The Morgan fingerprint density at radius 3 is 3.00 bits per heavy atom. The zero-order chi connectivity index (χ0) is 18.5. The lowest BCUT2D eigenvalue weighted by Gasteiger charge is -2.14. The largest absolute Gasteiger partial charge is 0.368 e. The van der Waals surface area contributed by atoms with Crippen LogP contribution in [0, 0.1) is 12.7 Å². The van der Waals surface area contributed by atoms with Crippen molar-refractivity contribution in [1.82, 2.24) is 10.3 Å². The molecule has 2 aromatic rings. The van der Waals surface area contributed by atoms with Crippen molar-refractivity contribution >= 4 is 31.3 Å². The molecule has 2 radical (unpaired) electrons. The maximum absolute atomic E-state index is 13.6. The molecule has 132 valence electrons. The van der Waals surface area contributed by atoms with Crippen molar-refractivity contribution in [1.29, 1.82) is 0 Å². The first-order valence-corrected chi connectivity index (χ1v) is 9.25. The van der Waals surface area contributed by atoms with Crippen LogP contribution in [-0.4, -0.2) is 30.5 Å². The molecule has 1 unspecified atom stereocenters. The molecular formula is C19H19BFN3OS. The second-order valence-corrected chi connectivity index (χ2v) is 7.50. The Morgan fingerprint density at radius 2 is 2.27 bits per heavy atom. The van der Waals surface area contributed by atoms with Gasteiger partial charge in [-0.25, -0.2) is 9.37 Å². The van der Waals surface area contributed by atoms with Crippen molar-refractivity contribution in [3.8, 4) is 0 Å². The number of anilines is 1. The van der Waals surface area contributed by atoms with Crippen molar-refractivity contribution in [3.63, 3.8) is 0 Å². The average Bonchev–Trinajstić information content (AvgIpc) is 3.06. The molecule has 0 saturated heterocycles. The molecule has 26 heavy (non-hydrogen) atoms. The molecule has 1 atom stereocenters. The van der Waals surface area contributed by atoms with E-state index in [2.05, 4.69) is 15.6 Å². The lowest BCUT2D eigenvalue weighted by atomic mass is 10.1. The fraction of sp³-hybridized carbons (Fsp3) is 0.263. The predicted molar refractivity (Wildman–Crippen MR) is 105 cm³/mol. The Morgan fingerprint density at radius 1 is 1.42 bits per heavy atom. The van der Waals surface area contributed by atoms with Crippen LogP contribution >= 0.6 is 11.8 Å². The van der Waals surface area contributed by atoms with Crippen molar-refractivity contribution < 1.29 is 9.18 Å². The van der Waals surface area contributed by atoms with Crippen LogP contribution < -0.4 is 10.6 Å². The van der Waals surface area contributed by atoms with Gasteiger partial charge in [0.1, 0.15) is 19.5 Å². The van der Waals surface area contributed by atoms with E-state index < -0.39 is 0 Å². The number of hydrogen-bond donors (Lipinski definition) is 2. The van der Waals surface area contributed by atoms with Gasteiger partial charge >= 0.3 is 0 Å². The van der Waals surface area contributed by atoms with Gasteiger partial charge in [0.15, 0.2) is 0 Å². The number of aryl methyl sites for hydroxylation is 1. The smallest absolute Gasteiger partial charge is 0.255 e. The summed E-state index contributed by atoms with van der Waals surface area (Å²) >= 11 is 1.62. The van der Waals surface area contributed by atoms with Gasteiger partial charge in [-0.2, -0.15) is 0 Å². The quantitative estimate of drug-likeness (QED) is 0.769. The van der Waals surface area contributed by atoms with Gasteiger partial charge in [-0.1, -0.05) is 23.0 Å². The minimum Gasteiger partial charge on any atom is -0.368 e. The van der Waals surface area contributed by atoms with Crippen LogP contribution in [-0.2, 0) is 6.54 Å². The summed E-state index contributed by atoms with van der Waals surface area (Å²) in [5.41, 5.74) is 1.76. The number of thioether (sulfide) groups is 1. The van der Waals surface area contributed by atoms with Crippen molar-refractivity contribution in [2.75, 3.05) is 11.9 Å². The molecular weight excluding hydrogens is 348 g/mol. The number of halogens is 1. The predicted octanol–water partition coefficient (Wildman–Crippen LogP) is 3.39. The fourth-order valence-electron chi connectivity index (χ4n) is 2.63. The third-order valence-electron chi connectivity index (χ3n) is 4.12. The van der Waals surface area contributed by atoms with E-state index in [9.17, 15) is 9.18 Å². The zero-order valence-corrected chi connectivity index (χ0v) is 15.3. The first kappa shape index (κ1) is 18.5. The Balaban J connectivity index is 1.60. The Hall–Kier alpha value is -2.28. The molecule has 0 fully saturated rings. The number of hydrogen-bond acceptors (Lipinski definition) is 4. The maximum atomic E-state index is 13.6. The Labute approximate surface area is 158 Å². The number of nitrogens with one attached hydrogen (secondary N) is 2. The van der Waals surface area contributed by atoms with Crippen LogP contribution in [0.25, 0.3) is 0 Å². The molecule has 7 heteroatoms. The summed E-state index contributed by atoms with van der Waals surface area (Å²) in [6, 6.07) is 8.37. The molecule has 1 aromatic heterocycles. The average molecular weight is 367 g/mol. The summed E-state index contributed by atoms with van der Waals surface area (Å²) in [4.78, 5) is 17.6. The van der Waals surface area contributed by atoms with Gasteiger partial charge in [-0.3, -0.25) is 4.79 Å². The second kappa shape index (κ2) is 8.40. The van der Waals surface area contributed by atoms with Crippen LogP contribution in [0.1, 0.15) is 27.9 Å². The number of nitrogens with zero attached hydrogens (tertiary/aromatic N) is 1. The second-order valence-electron chi connectivity index (χ2n) is 6.13. The van der Waals surface area contributed by atoms with E-state index in [1.165, 1.54) is 6.07 Å². The lowest BCUT2D eigenvalue weighted by Crippen LogP contribution is -2.25. The van der Waals surface area contributed by atoms with Gasteiger partial charge in [0.25, 0.3) is 5.91 Å². The first-order valence-electron chi connectivity index (χ1n) is 8.37. The van der Waals surface area contributed by atoms with Gasteiger partial charge in [0.2, 0.25) is 0 Å². The SMILES string of the molecule is [B]C1=CCC(CNc2ncccc2C(=O)NCc2ccc(C)c(F)c2)S1. The number of pyridine rings is 1. The molecule has 3 rings (SSSR count). The fourth-order valence-corrected chi connectivity index (χ4v) is 3.56. The van der Waals surface area contributed by atoms with Crippen LogP contribution in [0.4, 0.5) is 10.2 Å². The third-order valence-corrected chi connectivity index (χ3v) is 5.25. The molecule has 4 nitrogen and oxygen atoms in total. The minimum absolute atomic E-state index is 0.252. The summed E-state index contributed by atoms with van der Waals surface area (Å²) in [5.74, 6) is 0.00637. The number of carbonyl (C=O) groups excluding carboxylic acids is 1. The summed E-state index contributed by atoms with van der Waals surface area (Å²) in [6.45, 7) is 2.63. The van der Waals surface area contributed by atoms with Gasteiger partial charge < -0.3 is 10.6 Å². The highest BCUT2D eigenvalue weighted by Crippen LogP contribution is 2.30. The highest BCUT2D eigenvalue weighted by Gasteiger charge is 2.17. The van der Waals surface area contributed by atoms with E-state index >= 15 is 0 Å². The molecule has 1 amide bonds. The van der Waals surface area contributed by atoms with Crippen molar-refractivity contribution in [2.24, 2.45) is 0 Å². The molecule has 0 saturated carbocycles. The van der Waals surface area contributed by atoms with Gasteiger partial charge in [-0.15, -0.1) is 11.8 Å². The van der Waals surface area contributed by atoms with Gasteiger partial charge in [-0.05, 0) is 42.7 Å². The molecule has 0 aliphatic carbocycles. The highest BCUT2D eigenvalue weighted by molar-refractivity contribution is 8.05. The highest BCUT2D eigenvalue weighted by atomic mass is 32.2. The van der Waals surface area contributed by atoms with E-state index in [4.69, 9.17) is 7.85 Å². The number of benzene rings is 1. The van der Waals surface area contributed by atoms with Crippen LogP contribution in [0.2, 0.25) is 0 Å². The number of carbonyl (C=O) groups is 1. The normalized spacial score (nSPS) is 16.2. The first-order chi connectivity index (χ1) is 12.5. The number of rotatable bonds is 6. The summed E-state index contributed by atoms with van der Waals surface area (Å²) in [7, 11) is 5.78. The lowest BCUT2D eigenvalue weighted by molar-refractivity contribution is 0.0951. The zero-order valence-electron chi connectivity index (χ0n) is 14.5. The number of amides is 1. The maximum Gasteiger partial charge on any atom is 0.255 e. The van der Waals surface area contributed by atoms with Crippen molar-refractivity contribution in [2.45, 2.75) is 25.1 Å². The Kier molecular flexibility index (Phi) is 5.98. The van der Waals surface area contributed by atoms with Crippen molar-refractivity contribution in [3.05, 3.63) is 69.9 Å². The topological polar surface area (TPSA) is 54.0 Å². The molecule has 1 aliphatic heterocycles. The van der Waals surface area contributed by atoms with E-state index in [1.54, 1.807) is 49.1 Å². The van der Waals surface area contributed by atoms with E-state index in [0.29, 0.717) is 34.3 Å². The molecule has 2 heterocycles. The van der Waals surface area contributed by atoms with E-state index in [1.807, 2.05) is 6.08 Å². The number of aromatic nitrogens is 1. The number of allylic oxidation sites excluding steroid dienone is 1. The van der Waals surface area contributed by atoms with Crippen LogP contribution in [0.3, 0.4) is 0 Å². The van der Waals surface area contributed by atoms with E-state index in [0.717, 1.165) is 11.2 Å². The summed E-state index contributed by atoms with van der Waals surface area (Å²) in [5, 5.41) is 6.38. The van der Waals surface area contributed by atoms with Crippen LogP contribution in [0.5, 0.6) is 0 Å². The molecule has 1 aromatic carbocycles. The summed E-state index contributed by atoms with van der Waals surface area (Å²) < 4.78 is 13.6. The van der Waals surface area contributed by atoms with Gasteiger partial charge in [0.05, 0.1) is 5.56 Å². The molecule has 2 N–H and O–H groups in total. The van der Waals surface area contributed by atoms with Gasteiger partial charge in [0, 0.05) is 24.5 Å². The monoisotopic (exact) mass is 367 g/mol. The minimum atomic E-state index is -0.276. The molecule has 0 bridgehead atoms. The molecule has 1 aliphatic rings. The Bertz CT molecular complexity index is 843. The van der Waals surface area contributed by atoms with Crippen LogP contribution in [0.15, 0.2) is 47.4 Å². The third kappa shape index (κ3) is 4.66. The van der Waals surface area contributed by atoms with E-state index in [-0.39, 0.29) is 18.3 Å². The standard InChI is InChI=1S/C19H19BFN3OS/c1-12-4-5-13(9-16(12)21)10-24-19(25)15-3-2-8-22-18(15)23-11-14-6-7-17(20)26-14/h2-5,7-9,14H,6,10-11H2,1H3,(H,22,23)(H,24,25).